The zero-order chi connectivity index (χ0) is 21.5. The smallest absolute Gasteiger partial charge is 0.325 e. The first-order valence-corrected chi connectivity index (χ1v) is 10.6. The van der Waals surface area contributed by atoms with Crippen molar-refractivity contribution in [1.29, 1.82) is 0 Å². The van der Waals surface area contributed by atoms with E-state index >= 15 is 0 Å². The Kier molecular flexibility index (Phi) is 5.26. The molecule has 160 valence electrons. The van der Waals surface area contributed by atoms with Crippen LogP contribution in [0.3, 0.4) is 0 Å². The van der Waals surface area contributed by atoms with Crippen LogP contribution in [-0.2, 0) is 4.79 Å². The molecule has 3 heterocycles. The molecule has 1 saturated carbocycles. The third-order valence-corrected chi connectivity index (χ3v) is 6.33. The molecular weight excluding hydrogens is 384 g/mol. The Hall–Kier alpha value is -2.90. The van der Waals surface area contributed by atoms with Gasteiger partial charge >= 0.3 is 6.03 Å². The van der Waals surface area contributed by atoms with Crippen LogP contribution in [0, 0.1) is 20.8 Å². The predicted molar refractivity (Wildman–Crippen MR) is 110 cm³/mol. The Morgan fingerprint density at radius 2 is 1.77 bits per heavy atom. The van der Waals surface area contributed by atoms with Crippen LogP contribution in [0.15, 0.2) is 16.7 Å². The fraction of sp³-hybridized carbons (Fsp3) is 0.545. The lowest BCUT2D eigenvalue weighted by molar-refractivity contribution is -0.131. The number of ketones is 1. The zero-order valence-electron chi connectivity index (χ0n) is 17.8. The molecule has 1 spiro atoms. The molecule has 30 heavy (non-hydrogen) atoms. The van der Waals surface area contributed by atoms with Crippen LogP contribution >= 0.6 is 0 Å². The molecule has 1 aliphatic carbocycles. The van der Waals surface area contributed by atoms with Gasteiger partial charge in [-0.05, 0) is 39.7 Å². The monoisotopic (exact) mass is 412 g/mol. The van der Waals surface area contributed by atoms with Crippen molar-refractivity contribution in [1.82, 2.24) is 19.9 Å². The number of rotatable bonds is 4. The SMILES string of the molecule is Cc1cc(-n2c(C)cc(C(=O)CN3C(=O)NC4(CCCCCCC4)C3=O)c2C)no1. The fourth-order valence-electron chi connectivity index (χ4n) is 4.75. The Morgan fingerprint density at radius 3 is 2.40 bits per heavy atom. The molecule has 0 aromatic carbocycles. The van der Waals surface area contributed by atoms with E-state index < -0.39 is 11.6 Å². The van der Waals surface area contributed by atoms with Crippen molar-refractivity contribution in [3.8, 4) is 5.82 Å². The number of amides is 3. The summed E-state index contributed by atoms with van der Waals surface area (Å²) in [5, 5.41) is 6.94. The molecule has 1 saturated heterocycles. The number of aromatic nitrogens is 2. The van der Waals surface area contributed by atoms with E-state index in [0.717, 1.165) is 36.3 Å². The molecule has 2 aliphatic rings. The minimum absolute atomic E-state index is 0.255. The topological polar surface area (TPSA) is 97.4 Å². The summed E-state index contributed by atoms with van der Waals surface area (Å²) in [6.45, 7) is 5.26. The zero-order valence-corrected chi connectivity index (χ0v) is 17.8. The third kappa shape index (κ3) is 3.44. The van der Waals surface area contributed by atoms with E-state index in [1.165, 1.54) is 6.42 Å². The Morgan fingerprint density at radius 1 is 1.10 bits per heavy atom. The molecule has 2 aromatic rings. The highest BCUT2D eigenvalue weighted by atomic mass is 16.5. The van der Waals surface area contributed by atoms with Gasteiger partial charge in [-0.1, -0.05) is 37.3 Å². The number of nitrogens with zero attached hydrogens (tertiary/aromatic N) is 3. The van der Waals surface area contributed by atoms with Crippen molar-refractivity contribution < 1.29 is 18.9 Å². The third-order valence-electron chi connectivity index (χ3n) is 6.33. The molecule has 1 N–H and O–H groups in total. The van der Waals surface area contributed by atoms with E-state index in [1.807, 2.05) is 18.4 Å². The second-order valence-corrected chi connectivity index (χ2v) is 8.51. The normalized spacial score (nSPS) is 19.1. The van der Waals surface area contributed by atoms with Gasteiger partial charge in [0.15, 0.2) is 11.6 Å². The first-order valence-electron chi connectivity index (χ1n) is 10.6. The largest absolute Gasteiger partial charge is 0.360 e. The summed E-state index contributed by atoms with van der Waals surface area (Å²) in [4.78, 5) is 40.0. The molecule has 3 amide bonds. The highest BCUT2D eigenvalue weighted by molar-refractivity contribution is 6.11. The second-order valence-electron chi connectivity index (χ2n) is 8.51. The van der Waals surface area contributed by atoms with Crippen LogP contribution in [-0.4, -0.2) is 44.4 Å². The lowest BCUT2D eigenvalue weighted by Gasteiger charge is -2.28. The lowest BCUT2D eigenvalue weighted by Crippen LogP contribution is -2.47. The van der Waals surface area contributed by atoms with Crippen molar-refractivity contribution in [2.24, 2.45) is 0 Å². The maximum Gasteiger partial charge on any atom is 0.325 e. The summed E-state index contributed by atoms with van der Waals surface area (Å²) in [7, 11) is 0. The summed E-state index contributed by atoms with van der Waals surface area (Å²) in [5.74, 6) is 0.754. The maximum atomic E-state index is 13.2. The molecule has 2 fully saturated rings. The molecule has 1 aliphatic heterocycles. The number of aryl methyl sites for hydroxylation is 2. The van der Waals surface area contributed by atoms with E-state index in [4.69, 9.17) is 4.52 Å². The van der Waals surface area contributed by atoms with Gasteiger partial charge in [-0.3, -0.25) is 19.1 Å². The Labute approximate surface area is 175 Å². The van der Waals surface area contributed by atoms with Gasteiger partial charge in [0.05, 0.1) is 6.54 Å². The van der Waals surface area contributed by atoms with Crippen LogP contribution < -0.4 is 5.32 Å². The number of Topliss-reactive ketones (excluding diaryl/α,β-unsaturated/α-hetero) is 1. The van der Waals surface area contributed by atoms with E-state index in [2.05, 4.69) is 10.5 Å². The predicted octanol–water partition coefficient (Wildman–Crippen LogP) is 3.61. The Bertz CT molecular complexity index is 995. The van der Waals surface area contributed by atoms with Crippen LogP contribution in [0.1, 0.15) is 72.5 Å². The molecular formula is C22H28N4O4. The number of imide groups is 1. The number of nitrogens with one attached hydrogen (secondary N) is 1. The van der Waals surface area contributed by atoms with Gasteiger partial charge in [0.25, 0.3) is 5.91 Å². The number of hydrogen-bond donors (Lipinski definition) is 1. The second kappa shape index (κ2) is 7.74. The van der Waals surface area contributed by atoms with E-state index in [-0.39, 0.29) is 18.2 Å². The van der Waals surface area contributed by atoms with Crippen LogP contribution in [0.2, 0.25) is 0 Å². The van der Waals surface area contributed by atoms with Crippen LogP contribution in [0.4, 0.5) is 4.79 Å². The number of carbonyl (C=O) groups excluding carboxylic acids is 3. The van der Waals surface area contributed by atoms with E-state index in [0.29, 0.717) is 35.7 Å². The number of urea groups is 1. The summed E-state index contributed by atoms with van der Waals surface area (Å²) in [6.07, 6.45) is 6.40. The molecule has 2 aromatic heterocycles. The first-order chi connectivity index (χ1) is 14.3. The lowest BCUT2D eigenvalue weighted by atomic mass is 9.84. The van der Waals surface area contributed by atoms with Crippen molar-refractivity contribution in [2.75, 3.05) is 6.54 Å². The van der Waals surface area contributed by atoms with Gasteiger partial charge in [0, 0.05) is 23.0 Å². The standard InChI is InChI=1S/C22H28N4O4/c1-14-11-17(16(3)26(14)19-12-15(2)30-24-19)18(27)13-25-20(28)22(23-21(25)29)9-7-5-4-6-8-10-22/h11-12H,4-10,13H2,1-3H3,(H,23,29). The van der Waals surface area contributed by atoms with Gasteiger partial charge in [0.2, 0.25) is 0 Å². The average Bonchev–Trinajstić information content (AvgIpc) is 3.29. The van der Waals surface area contributed by atoms with Crippen molar-refractivity contribution in [3.05, 3.63) is 34.8 Å². The van der Waals surface area contributed by atoms with Crippen LogP contribution in [0.25, 0.3) is 5.82 Å². The number of carbonyl (C=O) groups is 3. The first kappa shape index (κ1) is 20.4. The minimum atomic E-state index is -0.840. The highest BCUT2D eigenvalue weighted by Gasteiger charge is 2.50. The molecule has 0 radical (unpaired) electrons. The van der Waals surface area contributed by atoms with Crippen molar-refractivity contribution in [2.45, 2.75) is 71.3 Å². The van der Waals surface area contributed by atoms with Gasteiger partial charge < -0.3 is 9.84 Å². The van der Waals surface area contributed by atoms with Gasteiger partial charge in [-0.2, -0.15) is 0 Å². The summed E-state index contributed by atoms with van der Waals surface area (Å²) >= 11 is 0. The van der Waals surface area contributed by atoms with E-state index in [9.17, 15) is 14.4 Å². The average molecular weight is 412 g/mol. The molecule has 0 bridgehead atoms. The minimum Gasteiger partial charge on any atom is -0.360 e. The molecule has 8 nitrogen and oxygen atoms in total. The summed E-state index contributed by atoms with van der Waals surface area (Å²) in [6, 6.07) is 3.10. The van der Waals surface area contributed by atoms with Crippen molar-refractivity contribution >= 4 is 17.7 Å². The summed E-state index contributed by atoms with van der Waals surface area (Å²) < 4.78 is 6.99. The molecule has 8 heteroatoms. The summed E-state index contributed by atoms with van der Waals surface area (Å²) in [5.41, 5.74) is 1.18. The molecule has 0 unspecified atom stereocenters. The van der Waals surface area contributed by atoms with Gasteiger partial charge in [-0.25, -0.2) is 4.79 Å². The van der Waals surface area contributed by atoms with Crippen LogP contribution in [0.5, 0.6) is 0 Å². The Balaban J connectivity index is 1.55. The van der Waals surface area contributed by atoms with E-state index in [1.54, 1.807) is 19.1 Å². The van der Waals surface area contributed by atoms with Crippen molar-refractivity contribution in [3.63, 3.8) is 0 Å². The van der Waals surface area contributed by atoms with Gasteiger partial charge in [-0.15, -0.1) is 0 Å². The highest BCUT2D eigenvalue weighted by Crippen LogP contribution is 2.32. The number of hydrogen-bond acceptors (Lipinski definition) is 5. The molecule has 4 rings (SSSR count). The van der Waals surface area contributed by atoms with Gasteiger partial charge in [0.1, 0.15) is 11.3 Å². The fourth-order valence-corrected chi connectivity index (χ4v) is 4.75. The maximum absolute atomic E-state index is 13.2. The quantitative estimate of drug-likeness (QED) is 0.611. The molecule has 0 atom stereocenters.